The van der Waals surface area contributed by atoms with Crippen LogP contribution in [0.1, 0.15) is 30.4 Å². The predicted molar refractivity (Wildman–Crippen MR) is 104 cm³/mol. The monoisotopic (exact) mass is 384 g/mol. The van der Waals surface area contributed by atoms with Crippen molar-refractivity contribution < 1.29 is 13.2 Å². The zero-order chi connectivity index (χ0) is 19.3. The van der Waals surface area contributed by atoms with Gasteiger partial charge in [-0.25, -0.2) is 8.42 Å². The van der Waals surface area contributed by atoms with Crippen LogP contribution < -0.4 is 4.74 Å². The molecule has 0 N–H and O–H groups in total. The van der Waals surface area contributed by atoms with Crippen molar-refractivity contribution in [1.82, 2.24) is 4.31 Å². The van der Waals surface area contributed by atoms with Gasteiger partial charge in [-0.15, -0.1) is 0 Å². The van der Waals surface area contributed by atoms with E-state index in [1.54, 1.807) is 23.5 Å². The van der Waals surface area contributed by atoms with Gasteiger partial charge in [0.1, 0.15) is 5.75 Å². The lowest BCUT2D eigenvalue weighted by atomic mass is 9.91. The number of benzene rings is 2. The van der Waals surface area contributed by atoms with E-state index in [9.17, 15) is 8.42 Å². The maximum atomic E-state index is 12.8. The van der Waals surface area contributed by atoms with Gasteiger partial charge in [-0.1, -0.05) is 12.1 Å². The van der Waals surface area contributed by atoms with Gasteiger partial charge in [-0.2, -0.15) is 9.57 Å². The molecule has 1 fully saturated rings. The number of rotatable bonds is 6. The summed E-state index contributed by atoms with van der Waals surface area (Å²) in [6, 6.07) is 16.3. The van der Waals surface area contributed by atoms with Gasteiger partial charge in [0.05, 0.1) is 23.6 Å². The molecule has 27 heavy (non-hydrogen) atoms. The average Bonchev–Trinajstić information content (AvgIpc) is 2.73. The molecular weight excluding hydrogens is 360 g/mol. The lowest BCUT2D eigenvalue weighted by Crippen LogP contribution is -2.38. The Bertz CT molecular complexity index is 892. The van der Waals surface area contributed by atoms with Gasteiger partial charge in [-0.3, -0.25) is 0 Å². The molecule has 2 aromatic carbocycles. The van der Waals surface area contributed by atoms with Crippen LogP contribution >= 0.6 is 0 Å². The van der Waals surface area contributed by atoms with Crippen molar-refractivity contribution in [3.63, 3.8) is 0 Å². The van der Waals surface area contributed by atoms with E-state index in [0.717, 1.165) is 31.4 Å². The fraction of sp³-hybridized carbons (Fsp3) is 0.381. The lowest BCUT2D eigenvalue weighted by molar-refractivity contribution is 0.263. The van der Waals surface area contributed by atoms with Crippen LogP contribution in [0, 0.1) is 17.2 Å². The van der Waals surface area contributed by atoms with E-state index >= 15 is 0 Å². The predicted octanol–water partition coefficient (Wildman–Crippen LogP) is 3.60. The van der Waals surface area contributed by atoms with Crippen LogP contribution in [0.2, 0.25) is 0 Å². The van der Waals surface area contributed by atoms with Gasteiger partial charge < -0.3 is 4.74 Å². The highest BCUT2D eigenvalue weighted by Crippen LogP contribution is 2.27. The van der Waals surface area contributed by atoms with Crippen molar-refractivity contribution in [3.05, 3.63) is 59.7 Å². The fourth-order valence-corrected chi connectivity index (χ4v) is 4.92. The third-order valence-corrected chi connectivity index (χ3v) is 7.11. The first kappa shape index (κ1) is 19.4. The van der Waals surface area contributed by atoms with Crippen LogP contribution in [-0.4, -0.2) is 32.9 Å². The number of piperidine rings is 1. The highest BCUT2D eigenvalue weighted by atomic mass is 32.2. The molecule has 1 saturated heterocycles. The van der Waals surface area contributed by atoms with E-state index in [-0.39, 0.29) is 4.90 Å². The van der Waals surface area contributed by atoms with E-state index in [1.807, 2.05) is 18.2 Å². The molecule has 0 unspecified atom stereocenters. The normalized spacial score (nSPS) is 16.0. The van der Waals surface area contributed by atoms with E-state index in [0.29, 0.717) is 24.6 Å². The summed E-state index contributed by atoms with van der Waals surface area (Å²) in [5, 5.41) is 8.85. The van der Waals surface area contributed by atoms with Gasteiger partial charge in [0.25, 0.3) is 0 Å². The van der Waals surface area contributed by atoms with E-state index in [4.69, 9.17) is 10.00 Å². The maximum absolute atomic E-state index is 12.8. The Morgan fingerprint density at radius 1 is 1.07 bits per heavy atom. The topological polar surface area (TPSA) is 70.4 Å². The van der Waals surface area contributed by atoms with Gasteiger partial charge in [0, 0.05) is 13.1 Å². The second-order valence-corrected chi connectivity index (χ2v) is 8.81. The van der Waals surface area contributed by atoms with Crippen molar-refractivity contribution in [2.24, 2.45) is 5.92 Å². The molecule has 1 heterocycles. The summed E-state index contributed by atoms with van der Waals surface area (Å²) in [4.78, 5) is 0.262. The SMILES string of the molecule is COc1ccc(CCC2CCN(S(=O)(=O)c3ccc(C#N)cc3)CC2)cc1. The van der Waals surface area contributed by atoms with Crippen LogP contribution in [0.4, 0.5) is 0 Å². The van der Waals surface area contributed by atoms with Gasteiger partial charge >= 0.3 is 0 Å². The fourth-order valence-electron chi connectivity index (χ4n) is 3.45. The first-order valence-electron chi connectivity index (χ1n) is 9.16. The number of hydrogen-bond donors (Lipinski definition) is 0. The Morgan fingerprint density at radius 2 is 1.70 bits per heavy atom. The van der Waals surface area contributed by atoms with E-state index < -0.39 is 10.0 Å². The van der Waals surface area contributed by atoms with Crippen LogP contribution in [0.25, 0.3) is 0 Å². The van der Waals surface area contributed by atoms with Crippen LogP contribution in [0.3, 0.4) is 0 Å². The number of nitrogens with zero attached hydrogens (tertiary/aromatic N) is 2. The first-order chi connectivity index (χ1) is 13.0. The molecule has 1 aliphatic rings. The zero-order valence-electron chi connectivity index (χ0n) is 15.5. The highest BCUT2D eigenvalue weighted by molar-refractivity contribution is 7.89. The molecule has 1 aliphatic heterocycles. The molecule has 0 bridgehead atoms. The van der Waals surface area contributed by atoms with E-state index in [2.05, 4.69) is 12.1 Å². The van der Waals surface area contributed by atoms with Crippen molar-refractivity contribution in [2.75, 3.05) is 20.2 Å². The summed E-state index contributed by atoms with van der Waals surface area (Å²) in [7, 11) is -1.81. The molecule has 0 spiro atoms. The molecule has 6 heteroatoms. The van der Waals surface area contributed by atoms with Crippen LogP contribution in [-0.2, 0) is 16.4 Å². The Hall–Kier alpha value is -2.36. The number of hydrogen-bond acceptors (Lipinski definition) is 4. The summed E-state index contributed by atoms with van der Waals surface area (Å²) in [6.45, 7) is 1.10. The Balaban J connectivity index is 1.53. The van der Waals surface area contributed by atoms with Crippen molar-refractivity contribution in [1.29, 1.82) is 5.26 Å². The number of methoxy groups -OCH3 is 1. The van der Waals surface area contributed by atoms with Crippen LogP contribution in [0.5, 0.6) is 5.75 Å². The summed E-state index contributed by atoms with van der Waals surface area (Å²) in [5.74, 6) is 1.40. The zero-order valence-corrected chi connectivity index (χ0v) is 16.3. The molecule has 0 saturated carbocycles. The lowest BCUT2D eigenvalue weighted by Gasteiger charge is -2.31. The summed E-state index contributed by atoms with van der Waals surface area (Å²) in [6.07, 6.45) is 3.82. The molecule has 2 aromatic rings. The Morgan fingerprint density at radius 3 is 2.26 bits per heavy atom. The van der Waals surface area contributed by atoms with Crippen molar-refractivity contribution in [2.45, 2.75) is 30.6 Å². The summed E-state index contributed by atoms with van der Waals surface area (Å²) < 4.78 is 32.3. The summed E-state index contributed by atoms with van der Waals surface area (Å²) in [5.41, 5.74) is 1.75. The third kappa shape index (κ3) is 4.68. The Labute approximate surface area is 161 Å². The number of nitriles is 1. The minimum atomic E-state index is -3.48. The molecule has 0 radical (unpaired) electrons. The maximum Gasteiger partial charge on any atom is 0.243 e. The minimum Gasteiger partial charge on any atom is -0.497 e. The highest BCUT2D eigenvalue weighted by Gasteiger charge is 2.29. The molecule has 3 rings (SSSR count). The molecule has 0 atom stereocenters. The minimum absolute atomic E-state index is 0.262. The number of sulfonamides is 1. The molecule has 0 amide bonds. The molecule has 0 aliphatic carbocycles. The second kappa shape index (κ2) is 8.55. The average molecular weight is 385 g/mol. The quantitative estimate of drug-likeness (QED) is 0.763. The molecule has 0 aromatic heterocycles. The van der Waals surface area contributed by atoms with E-state index in [1.165, 1.54) is 17.7 Å². The van der Waals surface area contributed by atoms with Gasteiger partial charge in [-0.05, 0) is 73.6 Å². The number of ether oxygens (including phenoxy) is 1. The van der Waals surface area contributed by atoms with Gasteiger partial charge in [0.15, 0.2) is 0 Å². The summed E-state index contributed by atoms with van der Waals surface area (Å²) >= 11 is 0. The molecule has 142 valence electrons. The second-order valence-electron chi connectivity index (χ2n) is 6.87. The standard InChI is InChI=1S/C21H24N2O3S/c1-26-20-8-4-17(5-9-20)2-3-18-12-14-23(15-13-18)27(24,25)21-10-6-19(16-22)7-11-21/h4-11,18H,2-3,12-15H2,1H3. The van der Waals surface area contributed by atoms with Crippen LogP contribution in [0.15, 0.2) is 53.4 Å². The number of aryl methyl sites for hydroxylation is 1. The largest absolute Gasteiger partial charge is 0.497 e. The van der Waals surface area contributed by atoms with Crippen molar-refractivity contribution in [3.8, 4) is 11.8 Å². The Kier molecular flexibility index (Phi) is 6.15. The smallest absolute Gasteiger partial charge is 0.243 e. The van der Waals surface area contributed by atoms with Crippen molar-refractivity contribution >= 4 is 10.0 Å². The third-order valence-electron chi connectivity index (χ3n) is 5.20. The first-order valence-corrected chi connectivity index (χ1v) is 10.6. The molecular formula is C21H24N2O3S. The molecule has 5 nitrogen and oxygen atoms in total. The van der Waals surface area contributed by atoms with Gasteiger partial charge in [0.2, 0.25) is 10.0 Å².